The number of aromatic nitrogens is 1. The van der Waals surface area contributed by atoms with Crippen LogP contribution in [0, 0.1) is 11.8 Å². The van der Waals surface area contributed by atoms with E-state index in [2.05, 4.69) is 27.1 Å². The Morgan fingerprint density at radius 1 is 1.21 bits per heavy atom. The predicted octanol–water partition coefficient (Wildman–Crippen LogP) is 3.68. The van der Waals surface area contributed by atoms with Gasteiger partial charge in [0.2, 0.25) is 0 Å². The molecule has 1 saturated carbocycles. The van der Waals surface area contributed by atoms with Crippen molar-refractivity contribution in [3.63, 3.8) is 0 Å². The minimum Gasteiger partial charge on any atom is -0.384 e. The van der Waals surface area contributed by atoms with Crippen LogP contribution in [-0.4, -0.2) is 53.8 Å². The molecule has 7 heteroatoms. The van der Waals surface area contributed by atoms with Crippen molar-refractivity contribution in [2.45, 2.75) is 51.2 Å². The number of hydrogen-bond donors (Lipinski definition) is 2. The van der Waals surface area contributed by atoms with Crippen LogP contribution in [0.25, 0.3) is 0 Å². The first kappa shape index (κ1) is 23.0. The number of morpholine rings is 1. The van der Waals surface area contributed by atoms with E-state index in [9.17, 15) is 4.79 Å². The summed E-state index contributed by atoms with van der Waals surface area (Å²) in [6.45, 7) is 5.72. The second-order valence-corrected chi connectivity index (χ2v) is 10.1. The molecule has 34 heavy (non-hydrogen) atoms. The number of amides is 1. The zero-order valence-corrected chi connectivity index (χ0v) is 20.0. The van der Waals surface area contributed by atoms with Gasteiger partial charge < -0.3 is 15.8 Å². The summed E-state index contributed by atoms with van der Waals surface area (Å²) in [6, 6.07) is 12.3. The number of ether oxygens (including phenoxy) is 1. The van der Waals surface area contributed by atoms with Crippen molar-refractivity contribution in [3.05, 3.63) is 53.7 Å². The lowest BCUT2D eigenvalue weighted by Gasteiger charge is -2.38. The molecule has 1 saturated heterocycles. The third kappa shape index (κ3) is 5.31. The van der Waals surface area contributed by atoms with Gasteiger partial charge in [0.1, 0.15) is 11.5 Å². The molecule has 3 N–H and O–H groups in total. The van der Waals surface area contributed by atoms with E-state index in [4.69, 9.17) is 10.5 Å². The maximum Gasteiger partial charge on any atom is 0.266 e. The highest BCUT2D eigenvalue weighted by Gasteiger charge is 2.30. The second-order valence-electron chi connectivity index (χ2n) is 10.1. The Bertz CT molecular complexity index is 1040. The molecule has 1 aromatic carbocycles. The Morgan fingerprint density at radius 2 is 2.06 bits per heavy atom. The number of nitrogens with two attached hydrogens (primary N) is 1. The van der Waals surface area contributed by atoms with Crippen LogP contribution in [0.3, 0.4) is 0 Å². The van der Waals surface area contributed by atoms with Gasteiger partial charge in [0, 0.05) is 37.3 Å². The number of fused-ring (bicyclic) bond motifs is 1. The molecule has 180 valence electrons. The second kappa shape index (κ2) is 10.2. The van der Waals surface area contributed by atoms with E-state index in [0.29, 0.717) is 29.9 Å². The van der Waals surface area contributed by atoms with Gasteiger partial charge in [-0.05, 0) is 62.3 Å². The summed E-state index contributed by atoms with van der Waals surface area (Å²) < 4.78 is 6.08. The van der Waals surface area contributed by atoms with Gasteiger partial charge >= 0.3 is 0 Å². The van der Waals surface area contributed by atoms with Crippen molar-refractivity contribution in [1.29, 1.82) is 0 Å². The number of nitrogen functional groups attached to an aromatic ring is 1. The number of carbonyl (C=O) groups excluding carboxylic acids is 1. The molecule has 0 spiro atoms. The minimum atomic E-state index is -0.00927. The van der Waals surface area contributed by atoms with Crippen LogP contribution >= 0.6 is 0 Å². The number of anilines is 1. The monoisotopic (exact) mass is 461 g/mol. The summed E-state index contributed by atoms with van der Waals surface area (Å²) in [5.74, 6) is 1.82. The van der Waals surface area contributed by atoms with Gasteiger partial charge in [-0.3, -0.25) is 9.69 Å². The molecule has 3 aliphatic rings. The van der Waals surface area contributed by atoms with Gasteiger partial charge in [-0.15, -0.1) is 0 Å². The topological polar surface area (TPSA) is 92.8 Å². The van der Waals surface area contributed by atoms with E-state index in [-0.39, 0.29) is 12.0 Å². The van der Waals surface area contributed by atoms with Gasteiger partial charge in [0.25, 0.3) is 5.91 Å². The molecule has 1 aromatic heterocycles. The molecule has 4 atom stereocenters. The Kier molecular flexibility index (Phi) is 6.92. The average molecular weight is 462 g/mol. The SMILES string of the molecule is C[C@H]1CO[C@@H](c2ccc(N)nc2)CN1CC[C@@H]1CC[C@@H](CNC(=O)C2=Nc3ccccc3C2)C1. The molecular formula is C27H35N5O2. The Balaban J connectivity index is 1.05. The fourth-order valence-electron chi connectivity index (χ4n) is 5.51. The van der Waals surface area contributed by atoms with E-state index in [1.54, 1.807) is 0 Å². The fourth-order valence-corrected chi connectivity index (χ4v) is 5.51. The number of benzene rings is 1. The number of rotatable bonds is 7. The van der Waals surface area contributed by atoms with E-state index in [1.807, 2.05) is 42.6 Å². The molecule has 0 bridgehead atoms. The molecule has 7 nitrogen and oxygen atoms in total. The summed E-state index contributed by atoms with van der Waals surface area (Å²) in [6.07, 6.45) is 7.36. The molecule has 0 unspecified atom stereocenters. The van der Waals surface area contributed by atoms with Crippen molar-refractivity contribution in [2.24, 2.45) is 16.8 Å². The number of hydrogen-bond acceptors (Lipinski definition) is 6. The van der Waals surface area contributed by atoms with Crippen LogP contribution < -0.4 is 11.1 Å². The minimum absolute atomic E-state index is 0.00927. The molecule has 2 aromatic rings. The first-order valence-corrected chi connectivity index (χ1v) is 12.6. The maximum atomic E-state index is 12.6. The Hall–Kier alpha value is -2.77. The molecular weight excluding hydrogens is 426 g/mol. The number of pyridine rings is 1. The average Bonchev–Trinajstić information content (AvgIpc) is 3.49. The number of carbonyl (C=O) groups is 1. The standard InChI is InChI=1S/C27H35N5O2/c1-18-17-34-25(22-8-9-26(28)29-15-22)16-32(18)11-10-19-6-7-20(12-19)14-30-27(33)24-13-21-4-2-3-5-23(21)31-24/h2-5,8-9,15,18-20,25H,6-7,10-14,16-17H2,1H3,(H2,28,29)(H,30,33)/t18-,19-,20+,25+/m0/s1. The molecule has 3 heterocycles. The Morgan fingerprint density at radius 3 is 2.88 bits per heavy atom. The van der Waals surface area contributed by atoms with E-state index >= 15 is 0 Å². The third-order valence-electron chi connectivity index (χ3n) is 7.64. The zero-order chi connectivity index (χ0) is 23.5. The van der Waals surface area contributed by atoms with Crippen LogP contribution in [0.4, 0.5) is 11.5 Å². The van der Waals surface area contributed by atoms with Crippen molar-refractivity contribution < 1.29 is 9.53 Å². The molecule has 2 fully saturated rings. The highest BCUT2D eigenvalue weighted by atomic mass is 16.5. The van der Waals surface area contributed by atoms with Crippen LogP contribution in [0.15, 0.2) is 47.6 Å². The van der Waals surface area contributed by atoms with Gasteiger partial charge in [0.05, 0.1) is 18.4 Å². The largest absolute Gasteiger partial charge is 0.384 e. The highest BCUT2D eigenvalue weighted by Crippen LogP contribution is 2.34. The molecule has 2 aliphatic heterocycles. The predicted molar refractivity (Wildman–Crippen MR) is 134 cm³/mol. The molecule has 5 rings (SSSR count). The normalized spacial score (nSPS) is 26.8. The summed E-state index contributed by atoms with van der Waals surface area (Å²) in [5.41, 5.74) is 9.54. The number of nitrogens with zero attached hydrogens (tertiary/aromatic N) is 3. The number of aliphatic imine (C=N–C) groups is 1. The van der Waals surface area contributed by atoms with Gasteiger partial charge in [-0.25, -0.2) is 9.98 Å². The highest BCUT2D eigenvalue weighted by molar-refractivity contribution is 6.40. The zero-order valence-electron chi connectivity index (χ0n) is 20.0. The van der Waals surface area contributed by atoms with Crippen molar-refractivity contribution >= 4 is 23.1 Å². The van der Waals surface area contributed by atoms with Crippen LogP contribution in [0.5, 0.6) is 0 Å². The lowest BCUT2D eigenvalue weighted by molar-refractivity contribution is -0.115. The summed E-state index contributed by atoms with van der Waals surface area (Å²) in [5, 5.41) is 3.15. The summed E-state index contributed by atoms with van der Waals surface area (Å²) >= 11 is 0. The van der Waals surface area contributed by atoms with Crippen molar-refractivity contribution in [1.82, 2.24) is 15.2 Å². The van der Waals surface area contributed by atoms with Crippen LogP contribution in [0.1, 0.15) is 49.8 Å². The van der Waals surface area contributed by atoms with E-state index in [0.717, 1.165) is 49.0 Å². The van der Waals surface area contributed by atoms with Crippen LogP contribution in [0.2, 0.25) is 0 Å². The lowest BCUT2D eigenvalue weighted by atomic mass is 10.00. The smallest absolute Gasteiger partial charge is 0.266 e. The lowest BCUT2D eigenvalue weighted by Crippen LogP contribution is -2.45. The van der Waals surface area contributed by atoms with Crippen LogP contribution in [-0.2, 0) is 16.0 Å². The molecule has 1 amide bonds. The van der Waals surface area contributed by atoms with Crippen molar-refractivity contribution in [3.8, 4) is 0 Å². The number of nitrogens with one attached hydrogen (secondary N) is 1. The van der Waals surface area contributed by atoms with Gasteiger partial charge in [0.15, 0.2) is 0 Å². The Labute approximate surface area is 201 Å². The van der Waals surface area contributed by atoms with Gasteiger partial charge in [-0.2, -0.15) is 0 Å². The molecule has 0 radical (unpaired) electrons. The van der Waals surface area contributed by atoms with E-state index in [1.165, 1.54) is 25.7 Å². The number of para-hydroxylation sites is 1. The molecule has 1 aliphatic carbocycles. The summed E-state index contributed by atoms with van der Waals surface area (Å²) in [4.78, 5) is 23.9. The summed E-state index contributed by atoms with van der Waals surface area (Å²) in [7, 11) is 0. The van der Waals surface area contributed by atoms with Gasteiger partial charge in [-0.1, -0.05) is 30.7 Å². The van der Waals surface area contributed by atoms with E-state index < -0.39 is 0 Å². The fraction of sp³-hybridized carbons (Fsp3) is 0.519. The third-order valence-corrected chi connectivity index (χ3v) is 7.64. The first-order chi connectivity index (χ1) is 16.5. The maximum absolute atomic E-state index is 12.6. The quantitative estimate of drug-likeness (QED) is 0.656. The first-order valence-electron chi connectivity index (χ1n) is 12.6. The van der Waals surface area contributed by atoms with Crippen molar-refractivity contribution in [2.75, 3.05) is 32.0 Å².